The van der Waals surface area contributed by atoms with Crippen LogP contribution < -0.4 is 5.73 Å². The van der Waals surface area contributed by atoms with Crippen molar-refractivity contribution in [3.05, 3.63) is 0 Å². The van der Waals surface area contributed by atoms with Gasteiger partial charge in [-0.05, 0) is 38.0 Å². The fourth-order valence-electron chi connectivity index (χ4n) is 4.01. The van der Waals surface area contributed by atoms with Gasteiger partial charge in [-0.15, -0.1) is 0 Å². The highest BCUT2D eigenvalue weighted by atomic mass is 19.4. The van der Waals surface area contributed by atoms with E-state index in [0.717, 1.165) is 32.1 Å². The molecule has 0 bridgehead atoms. The van der Waals surface area contributed by atoms with Crippen molar-refractivity contribution in [2.45, 2.75) is 102 Å². The van der Waals surface area contributed by atoms with Gasteiger partial charge in [0.2, 0.25) is 0 Å². The predicted molar refractivity (Wildman–Crippen MR) is 91.5 cm³/mol. The maximum absolute atomic E-state index is 12.4. The lowest BCUT2D eigenvalue weighted by Crippen LogP contribution is -2.64. The molecule has 0 radical (unpaired) electrons. The van der Waals surface area contributed by atoms with Crippen molar-refractivity contribution in [2.75, 3.05) is 6.61 Å². The van der Waals surface area contributed by atoms with Crippen LogP contribution in [0.5, 0.6) is 0 Å². The number of carbonyl (C=O) groups is 1. The van der Waals surface area contributed by atoms with E-state index in [1.54, 1.807) is 0 Å². The summed E-state index contributed by atoms with van der Waals surface area (Å²) in [6.45, 7) is 2.06. The molecule has 0 aromatic heterocycles. The zero-order chi connectivity index (χ0) is 19.2. The molecule has 0 aromatic rings. The number of ether oxygens (including phenoxy) is 2. The molecule has 0 spiro atoms. The molecule has 0 aliphatic heterocycles. The van der Waals surface area contributed by atoms with E-state index in [2.05, 4.69) is 5.73 Å². The minimum absolute atomic E-state index is 0.0157. The van der Waals surface area contributed by atoms with Crippen molar-refractivity contribution in [1.29, 1.82) is 0 Å². The molecule has 2 saturated carbocycles. The Kier molecular flexibility index (Phi) is 8.36. The second-order valence-corrected chi connectivity index (χ2v) is 7.91. The summed E-state index contributed by atoms with van der Waals surface area (Å²) < 4.78 is 49.3. The molecular formula is C19H33F3NO3+. The largest absolute Gasteiger partial charge is 0.389 e. The molecule has 7 heteroatoms. The third-order valence-electron chi connectivity index (χ3n) is 5.54. The molecule has 2 aliphatic carbocycles. The highest BCUT2D eigenvalue weighted by Gasteiger charge is 2.36. The third-order valence-corrected chi connectivity index (χ3v) is 5.54. The number of hydrogen-bond donors (Lipinski definition) is 1. The molecule has 0 saturated heterocycles. The summed E-state index contributed by atoms with van der Waals surface area (Å²) in [6.07, 6.45) is 1.54. The number of Topliss-reactive ketones (excluding diaryl/α,β-unsaturated/α-hetero) is 1. The average molecular weight is 380 g/mol. The Balaban J connectivity index is 2.00. The second-order valence-electron chi connectivity index (χ2n) is 7.91. The molecule has 4 atom stereocenters. The fourth-order valence-corrected chi connectivity index (χ4v) is 4.01. The Bertz CT molecular complexity index is 438. The van der Waals surface area contributed by atoms with Crippen LogP contribution in [0.15, 0.2) is 0 Å². The molecular weight excluding hydrogens is 347 g/mol. The first-order chi connectivity index (χ1) is 12.3. The Labute approximate surface area is 154 Å². The topological polar surface area (TPSA) is 63.2 Å². The molecule has 0 heterocycles. The van der Waals surface area contributed by atoms with E-state index in [1.165, 1.54) is 0 Å². The van der Waals surface area contributed by atoms with Crippen LogP contribution in [0.1, 0.15) is 71.1 Å². The highest BCUT2D eigenvalue weighted by Crippen LogP contribution is 2.31. The van der Waals surface area contributed by atoms with Gasteiger partial charge in [0.05, 0.1) is 18.3 Å². The SMILES string of the molecule is C[C@@H]1CC(=O)[C@@H]([NH3+])CCC[C@H](OCCCC(F)(F)F)[C@H]1OC1CCCC1. The van der Waals surface area contributed by atoms with Crippen LogP contribution >= 0.6 is 0 Å². The first-order valence-electron chi connectivity index (χ1n) is 9.96. The van der Waals surface area contributed by atoms with Crippen molar-refractivity contribution in [3.63, 3.8) is 0 Å². The van der Waals surface area contributed by atoms with E-state index in [9.17, 15) is 18.0 Å². The van der Waals surface area contributed by atoms with Crippen LogP contribution in [0.25, 0.3) is 0 Å². The molecule has 4 nitrogen and oxygen atoms in total. The minimum Gasteiger partial charge on any atom is -0.376 e. The van der Waals surface area contributed by atoms with E-state index in [0.29, 0.717) is 19.3 Å². The molecule has 3 N–H and O–H groups in total. The van der Waals surface area contributed by atoms with Gasteiger partial charge < -0.3 is 15.2 Å². The lowest BCUT2D eigenvalue weighted by Gasteiger charge is -2.33. The Morgan fingerprint density at radius 3 is 2.46 bits per heavy atom. The van der Waals surface area contributed by atoms with Gasteiger partial charge in [0.15, 0.2) is 5.78 Å². The Morgan fingerprint density at radius 1 is 1.12 bits per heavy atom. The van der Waals surface area contributed by atoms with E-state index in [-0.39, 0.29) is 49.1 Å². The summed E-state index contributed by atoms with van der Waals surface area (Å²) in [6, 6.07) is -0.214. The molecule has 26 heavy (non-hydrogen) atoms. The minimum atomic E-state index is -4.15. The lowest BCUT2D eigenvalue weighted by molar-refractivity contribution is -0.404. The normalized spacial score (nSPS) is 32.3. The standard InChI is InChI=1S/C19H32F3NO3/c1-13-12-16(24)15(23)8-4-9-17(25-11-5-10-19(20,21)22)18(13)26-14-6-2-3-7-14/h13-15,17-18H,2-12,23H2,1H3/p+1/t13-,15+,17+,18+/m1/s1. The molecule has 2 fully saturated rings. The highest BCUT2D eigenvalue weighted by molar-refractivity contribution is 5.82. The van der Waals surface area contributed by atoms with Gasteiger partial charge in [0, 0.05) is 25.9 Å². The predicted octanol–water partition coefficient (Wildman–Crippen LogP) is 3.43. The third kappa shape index (κ3) is 7.16. The van der Waals surface area contributed by atoms with E-state index >= 15 is 0 Å². The molecule has 2 aliphatic rings. The van der Waals surface area contributed by atoms with Crippen molar-refractivity contribution in [1.82, 2.24) is 0 Å². The summed E-state index contributed by atoms with van der Waals surface area (Å²) in [4.78, 5) is 12.3. The molecule has 2 rings (SSSR count). The number of hydrogen-bond acceptors (Lipinski definition) is 3. The molecule has 0 amide bonds. The smallest absolute Gasteiger partial charge is 0.376 e. The molecule has 0 unspecified atom stereocenters. The summed E-state index contributed by atoms with van der Waals surface area (Å²) in [5, 5.41) is 0. The van der Waals surface area contributed by atoms with Crippen molar-refractivity contribution in [2.24, 2.45) is 5.92 Å². The van der Waals surface area contributed by atoms with Gasteiger partial charge >= 0.3 is 6.18 Å². The van der Waals surface area contributed by atoms with E-state index in [1.807, 2.05) is 6.92 Å². The average Bonchev–Trinajstić information content (AvgIpc) is 3.07. The quantitative estimate of drug-likeness (QED) is 0.718. The number of rotatable bonds is 6. The molecule has 0 aromatic carbocycles. The van der Waals surface area contributed by atoms with Gasteiger partial charge in [-0.2, -0.15) is 13.2 Å². The number of alkyl halides is 3. The second kappa shape index (κ2) is 10.0. The summed E-state index contributed by atoms with van der Waals surface area (Å²) >= 11 is 0. The zero-order valence-electron chi connectivity index (χ0n) is 15.7. The van der Waals surface area contributed by atoms with Gasteiger partial charge in [0.1, 0.15) is 6.04 Å². The van der Waals surface area contributed by atoms with Gasteiger partial charge in [-0.3, -0.25) is 4.79 Å². The monoisotopic (exact) mass is 380 g/mol. The van der Waals surface area contributed by atoms with Gasteiger partial charge in [0.25, 0.3) is 0 Å². The number of quaternary nitrogens is 1. The van der Waals surface area contributed by atoms with Crippen LogP contribution in [-0.2, 0) is 14.3 Å². The summed E-state index contributed by atoms with van der Waals surface area (Å²) in [5.41, 5.74) is 3.96. The fraction of sp³-hybridized carbons (Fsp3) is 0.947. The van der Waals surface area contributed by atoms with Gasteiger partial charge in [-0.25, -0.2) is 0 Å². The van der Waals surface area contributed by atoms with E-state index < -0.39 is 12.6 Å². The number of ketones is 1. The van der Waals surface area contributed by atoms with Crippen LogP contribution in [0.3, 0.4) is 0 Å². The summed E-state index contributed by atoms with van der Waals surface area (Å²) in [7, 11) is 0. The molecule has 152 valence electrons. The van der Waals surface area contributed by atoms with Gasteiger partial charge in [-0.1, -0.05) is 19.8 Å². The first-order valence-corrected chi connectivity index (χ1v) is 9.96. The zero-order valence-corrected chi connectivity index (χ0v) is 15.7. The Hall–Kier alpha value is -0.660. The van der Waals surface area contributed by atoms with Crippen LogP contribution in [-0.4, -0.2) is 42.9 Å². The van der Waals surface area contributed by atoms with Crippen LogP contribution in [0.4, 0.5) is 13.2 Å². The maximum Gasteiger partial charge on any atom is 0.389 e. The van der Waals surface area contributed by atoms with Crippen LogP contribution in [0.2, 0.25) is 0 Å². The van der Waals surface area contributed by atoms with Crippen molar-refractivity contribution in [3.8, 4) is 0 Å². The van der Waals surface area contributed by atoms with E-state index in [4.69, 9.17) is 9.47 Å². The van der Waals surface area contributed by atoms with Crippen LogP contribution in [0, 0.1) is 5.92 Å². The number of halogens is 3. The first kappa shape index (κ1) is 21.6. The van der Waals surface area contributed by atoms with Crippen molar-refractivity contribution < 1.29 is 33.2 Å². The lowest BCUT2D eigenvalue weighted by atomic mass is 9.92. The van der Waals surface area contributed by atoms with Crippen molar-refractivity contribution >= 4 is 5.78 Å². The summed E-state index contributed by atoms with van der Waals surface area (Å²) in [5.74, 6) is 0.133. The maximum atomic E-state index is 12.4. The Morgan fingerprint density at radius 2 is 1.81 bits per heavy atom. The number of carbonyl (C=O) groups excluding carboxylic acids is 1.